The Balaban J connectivity index is 1.32. The second kappa shape index (κ2) is 10.5. The van der Waals surface area contributed by atoms with E-state index in [1.54, 1.807) is 0 Å². The van der Waals surface area contributed by atoms with Crippen molar-refractivity contribution >= 4 is 0 Å². The van der Waals surface area contributed by atoms with E-state index < -0.39 is 0 Å². The van der Waals surface area contributed by atoms with E-state index in [0.717, 1.165) is 30.9 Å². The number of nitrogens with two attached hydrogens (primary N) is 2. The molecule has 2 aromatic rings. The fraction of sp³-hybridized carbons (Fsp3) is 0.478. The van der Waals surface area contributed by atoms with Crippen molar-refractivity contribution in [1.29, 1.82) is 0 Å². The van der Waals surface area contributed by atoms with Crippen molar-refractivity contribution in [2.24, 2.45) is 0 Å². The van der Waals surface area contributed by atoms with Crippen molar-refractivity contribution in [3.63, 3.8) is 0 Å². The minimum Gasteiger partial charge on any atom is -0.486 e. The molecule has 1 aliphatic rings. The molecule has 0 radical (unpaired) electrons. The summed E-state index contributed by atoms with van der Waals surface area (Å²) in [5.74, 6) is 1.62. The van der Waals surface area contributed by atoms with Gasteiger partial charge in [-0.25, -0.2) is 0 Å². The zero-order valence-electron chi connectivity index (χ0n) is 17.0. The SMILES string of the molecule is C[C@H](CCc1ccccc1)[NH2+]C[C@@H](O)C[NH2+][C@@H](C)[C@@H]1COc2ccccc2O1. The fourth-order valence-electron chi connectivity index (χ4n) is 3.46. The van der Waals surface area contributed by atoms with Gasteiger partial charge in [0.2, 0.25) is 0 Å². The molecule has 2 aromatic carbocycles. The van der Waals surface area contributed by atoms with Crippen LogP contribution in [0.5, 0.6) is 11.5 Å². The number of aliphatic hydroxyl groups excluding tert-OH is 1. The average molecular weight is 387 g/mol. The van der Waals surface area contributed by atoms with Crippen LogP contribution in [-0.2, 0) is 6.42 Å². The molecule has 0 fully saturated rings. The van der Waals surface area contributed by atoms with E-state index in [2.05, 4.69) is 54.8 Å². The molecule has 0 unspecified atom stereocenters. The minimum absolute atomic E-state index is 0.00382. The van der Waals surface area contributed by atoms with Gasteiger partial charge in [-0.2, -0.15) is 0 Å². The summed E-state index contributed by atoms with van der Waals surface area (Å²) in [5, 5.41) is 14.8. The van der Waals surface area contributed by atoms with Crippen molar-refractivity contribution in [1.82, 2.24) is 0 Å². The topological polar surface area (TPSA) is 71.9 Å². The zero-order valence-corrected chi connectivity index (χ0v) is 17.0. The molecule has 0 amide bonds. The maximum Gasteiger partial charge on any atom is 0.184 e. The van der Waals surface area contributed by atoms with E-state index in [1.165, 1.54) is 5.56 Å². The van der Waals surface area contributed by atoms with Crippen LogP contribution in [-0.4, -0.2) is 49.1 Å². The number of rotatable bonds is 10. The van der Waals surface area contributed by atoms with Gasteiger partial charge in [-0.05, 0) is 38.0 Å². The first-order chi connectivity index (χ1) is 13.6. The number of hydrogen-bond acceptors (Lipinski definition) is 3. The van der Waals surface area contributed by atoms with Gasteiger partial charge < -0.3 is 25.2 Å². The van der Waals surface area contributed by atoms with E-state index in [9.17, 15) is 5.11 Å². The molecule has 0 saturated carbocycles. The molecular weight excluding hydrogens is 352 g/mol. The monoisotopic (exact) mass is 386 g/mol. The van der Waals surface area contributed by atoms with E-state index in [0.29, 0.717) is 19.2 Å². The molecule has 5 N–H and O–H groups in total. The zero-order chi connectivity index (χ0) is 19.8. The van der Waals surface area contributed by atoms with E-state index in [4.69, 9.17) is 9.47 Å². The number of aryl methyl sites for hydroxylation is 1. The summed E-state index contributed by atoms with van der Waals surface area (Å²) < 4.78 is 11.8. The van der Waals surface area contributed by atoms with E-state index in [-0.39, 0.29) is 18.2 Å². The summed E-state index contributed by atoms with van der Waals surface area (Å²) >= 11 is 0. The van der Waals surface area contributed by atoms with Gasteiger partial charge in [0, 0.05) is 6.42 Å². The third kappa shape index (κ3) is 6.23. The van der Waals surface area contributed by atoms with Gasteiger partial charge in [-0.3, -0.25) is 0 Å². The van der Waals surface area contributed by atoms with Crippen LogP contribution in [0.2, 0.25) is 0 Å². The second-order valence-corrected chi connectivity index (χ2v) is 7.87. The van der Waals surface area contributed by atoms with Gasteiger partial charge >= 0.3 is 0 Å². The minimum atomic E-state index is -0.335. The van der Waals surface area contributed by atoms with Crippen molar-refractivity contribution in [3.8, 4) is 11.5 Å². The number of benzene rings is 2. The van der Waals surface area contributed by atoms with E-state index >= 15 is 0 Å². The predicted octanol–water partition coefficient (Wildman–Crippen LogP) is 0.724. The number of aliphatic hydroxyl groups is 1. The molecular formula is C23H34N2O3+2. The van der Waals surface area contributed by atoms with Crippen molar-refractivity contribution in [2.75, 3.05) is 19.7 Å². The maximum atomic E-state index is 10.4. The summed E-state index contributed by atoms with van der Waals surface area (Å²) in [7, 11) is 0. The Kier molecular flexibility index (Phi) is 7.71. The lowest BCUT2D eigenvalue weighted by Gasteiger charge is -2.29. The molecule has 1 heterocycles. The molecule has 4 atom stereocenters. The van der Waals surface area contributed by atoms with Gasteiger partial charge in [0.1, 0.15) is 25.7 Å². The Hall–Kier alpha value is -2.08. The Morgan fingerprint density at radius 3 is 2.43 bits per heavy atom. The highest BCUT2D eigenvalue weighted by atomic mass is 16.6. The first-order valence-electron chi connectivity index (χ1n) is 10.4. The second-order valence-electron chi connectivity index (χ2n) is 7.87. The Morgan fingerprint density at radius 1 is 0.964 bits per heavy atom. The molecule has 0 saturated heterocycles. The van der Waals surface area contributed by atoms with Gasteiger partial charge in [0.25, 0.3) is 0 Å². The number of hydrogen-bond donors (Lipinski definition) is 3. The molecule has 0 aromatic heterocycles. The van der Waals surface area contributed by atoms with Crippen molar-refractivity contribution in [2.45, 2.75) is 51.0 Å². The molecule has 3 rings (SSSR count). The molecule has 152 valence electrons. The predicted molar refractivity (Wildman–Crippen MR) is 110 cm³/mol. The lowest BCUT2D eigenvalue weighted by atomic mass is 10.1. The first-order valence-corrected chi connectivity index (χ1v) is 10.4. The van der Waals surface area contributed by atoms with Crippen LogP contribution in [0, 0.1) is 0 Å². The lowest BCUT2D eigenvalue weighted by molar-refractivity contribution is -0.722. The van der Waals surface area contributed by atoms with E-state index in [1.807, 2.05) is 24.3 Å². The maximum absolute atomic E-state index is 10.4. The quantitative estimate of drug-likeness (QED) is 0.564. The molecule has 5 heteroatoms. The summed E-state index contributed by atoms with van der Waals surface area (Å²) in [6.45, 7) is 6.30. The third-order valence-electron chi connectivity index (χ3n) is 5.44. The van der Waals surface area contributed by atoms with Crippen LogP contribution in [0.3, 0.4) is 0 Å². The summed E-state index contributed by atoms with van der Waals surface area (Å²) in [6, 6.07) is 19.1. The summed E-state index contributed by atoms with van der Waals surface area (Å²) in [4.78, 5) is 0. The standard InChI is InChI=1S/C23H32N2O3/c1-17(12-13-19-8-4-3-5-9-19)24-14-20(26)15-25-18(2)23-16-27-21-10-6-7-11-22(21)28-23/h3-11,17-18,20,23-26H,12-16H2,1-2H3/p+2/t17-,18+,20-,23+/m1/s1. The molecule has 5 nitrogen and oxygen atoms in total. The highest BCUT2D eigenvalue weighted by Gasteiger charge is 2.28. The Labute approximate surface area is 168 Å². The van der Waals surface area contributed by atoms with Crippen molar-refractivity contribution < 1.29 is 25.2 Å². The summed E-state index contributed by atoms with van der Waals surface area (Å²) in [6.07, 6.45) is 1.86. The number of para-hydroxylation sites is 2. The van der Waals surface area contributed by atoms with Gasteiger partial charge in [-0.15, -0.1) is 0 Å². The normalized spacial score (nSPS) is 19.0. The van der Waals surface area contributed by atoms with Crippen LogP contribution in [0.4, 0.5) is 0 Å². The third-order valence-corrected chi connectivity index (χ3v) is 5.44. The van der Waals surface area contributed by atoms with Gasteiger partial charge in [0.05, 0.1) is 6.04 Å². The fourth-order valence-corrected chi connectivity index (χ4v) is 3.46. The highest BCUT2D eigenvalue weighted by Crippen LogP contribution is 2.31. The average Bonchev–Trinajstić information content (AvgIpc) is 2.75. The molecule has 0 spiro atoms. The Morgan fingerprint density at radius 2 is 1.64 bits per heavy atom. The molecule has 28 heavy (non-hydrogen) atoms. The van der Waals surface area contributed by atoms with Crippen LogP contribution in [0.25, 0.3) is 0 Å². The number of fused-ring (bicyclic) bond motifs is 1. The largest absolute Gasteiger partial charge is 0.486 e. The van der Waals surface area contributed by atoms with Gasteiger partial charge in [-0.1, -0.05) is 42.5 Å². The van der Waals surface area contributed by atoms with Crippen LogP contribution < -0.4 is 20.1 Å². The van der Waals surface area contributed by atoms with Crippen LogP contribution >= 0.6 is 0 Å². The molecule has 0 bridgehead atoms. The highest BCUT2D eigenvalue weighted by molar-refractivity contribution is 5.40. The molecule has 1 aliphatic heterocycles. The van der Waals surface area contributed by atoms with Crippen molar-refractivity contribution in [3.05, 3.63) is 60.2 Å². The Bertz CT molecular complexity index is 710. The van der Waals surface area contributed by atoms with Crippen LogP contribution in [0.1, 0.15) is 25.8 Å². The first kappa shape index (κ1) is 20.6. The number of quaternary nitrogens is 2. The summed E-state index contributed by atoms with van der Waals surface area (Å²) in [5.41, 5.74) is 1.38. The smallest absolute Gasteiger partial charge is 0.184 e. The lowest BCUT2D eigenvalue weighted by Crippen LogP contribution is -2.97. The van der Waals surface area contributed by atoms with Gasteiger partial charge in [0.15, 0.2) is 23.7 Å². The molecule has 0 aliphatic carbocycles. The number of ether oxygens (including phenoxy) is 2. The van der Waals surface area contributed by atoms with Crippen LogP contribution in [0.15, 0.2) is 54.6 Å².